The summed E-state index contributed by atoms with van der Waals surface area (Å²) in [6, 6.07) is 25.6. The van der Waals surface area contributed by atoms with Gasteiger partial charge in [-0.25, -0.2) is 0 Å². The Labute approximate surface area is 227 Å². The van der Waals surface area contributed by atoms with Gasteiger partial charge in [0, 0.05) is 40.4 Å². The molecule has 1 unspecified atom stereocenters. The fourth-order valence-electron chi connectivity index (χ4n) is 3.68. The average molecular weight is 543 g/mol. The molecule has 4 aromatic rings. The van der Waals surface area contributed by atoms with Crippen LogP contribution in [-0.4, -0.2) is 21.7 Å². The van der Waals surface area contributed by atoms with E-state index in [0.29, 0.717) is 21.8 Å². The van der Waals surface area contributed by atoms with E-state index >= 15 is 0 Å². The van der Waals surface area contributed by atoms with Crippen LogP contribution in [0, 0.1) is 27.2 Å². The minimum Gasteiger partial charge on any atom is -0.324 e. The Kier molecular flexibility index (Phi) is 8.32. The summed E-state index contributed by atoms with van der Waals surface area (Å²) in [7, 11) is 0. The molecule has 0 saturated heterocycles. The summed E-state index contributed by atoms with van der Waals surface area (Å²) in [4.78, 5) is 47.8. The van der Waals surface area contributed by atoms with Crippen LogP contribution in [0.2, 0.25) is 0 Å². The lowest BCUT2D eigenvalue weighted by Gasteiger charge is -2.18. The molecule has 196 valence electrons. The van der Waals surface area contributed by atoms with Gasteiger partial charge < -0.3 is 10.6 Å². The topological polar surface area (TPSA) is 144 Å². The van der Waals surface area contributed by atoms with Crippen LogP contribution >= 0.6 is 11.8 Å². The molecule has 0 fully saturated rings. The highest BCUT2D eigenvalue weighted by Crippen LogP contribution is 2.37. The second-order valence-corrected chi connectivity index (χ2v) is 9.62. The monoisotopic (exact) mass is 542 g/mol. The second-order valence-electron chi connectivity index (χ2n) is 8.44. The van der Waals surface area contributed by atoms with Crippen molar-refractivity contribution >= 4 is 46.3 Å². The van der Waals surface area contributed by atoms with Gasteiger partial charge in [-0.2, -0.15) is 0 Å². The average Bonchev–Trinajstić information content (AvgIpc) is 2.93. The molecule has 4 aromatic carbocycles. The van der Waals surface area contributed by atoms with Crippen LogP contribution in [-0.2, 0) is 4.79 Å². The van der Waals surface area contributed by atoms with Crippen molar-refractivity contribution in [2.45, 2.75) is 17.1 Å². The molecule has 1 atom stereocenters. The van der Waals surface area contributed by atoms with Crippen molar-refractivity contribution in [1.82, 2.24) is 0 Å². The molecular weight excluding hydrogens is 520 g/mol. The van der Waals surface area contributed by atoms with E-state index in [4.69, 9.17) is 0 Å². The van der Waals surface area contributed by atoms with Gasteiger partial charge in [-0.3, -0.25) is 29.8 Å². The Morgan fingerprint density at radius 1 is 0.769 bits per heavy atom. The van der Waals surface area contributed by atoms with Gasteiger partial charge in [0.1, 0.15) is 5.25 Å². The Morgan fingerprint density at radius 2 is 1.44 bits per heavy atom. The standard InChI is InChI=1S/C28H22N4O6S/c1-18-10-13-23(32(37)38)17-25(18)30-28(34)26(19-6-3-2-4-7-19)39-24-9-5-8-21(16-24)29-27(33)20-11-14-22(15-12-20)31(35)36/h2-17,26H,1H3,(H,29,33)(H,30,34). The highest BCUT2D eigenvalue weighted by atomic mass is 32.2. The molecule has 4 rings (SSSR count). The summed E-state index contributed by atoms with van der Waals surface area (Å²) in [5.41, 5.74) is 2.24. The molecule has 39 heavy (non-hydrogen) atoms. The Hall–Kier alpha value is -5.03. The first-order chi connectivity index (χ1) is 18.7. The van der Waals surface area contributed by atoms with Gasteiger partial charge in [0.05, 0.1) is 15.5 Å². The van der Waals surface area contributed by atoms with E-state index in [1.165, 1.54) is 48.2 Å². The number of carbonyl (C=O) groups is 2. The number of nitrogens with zero attached hydrogens (tertiary/aromatic N) is 2. The number of aryl methyl sites for hydroxylation is 1. The first-order valence-electron chi connectivity index (χ1n) is 11.6. The van der Waals surface area contributed by atoms with Crippen LogP contribution in [0.3, 0.4) is 0 Å². The Bertz CT molecular complexity index is 1540. The normalized spacial score (nSPS) is 11.3. The lowest BCUT2D eigenvalue weighted by Crippen LogP contribution is -2.19. The molecule has 0 heterocycles. The van der Waals surface area contributed by atoms with E-state index in [0.717, 1.165) is 5.56 Å². The summed E-state index contributed by atoms with van der Waals surface area (Å²) in [6.07, 6.45) is 0. The number of nitro groups is 2. The number of anilines is 2. The van der Waals surface area contributed by atoms with Gasteiger partial charge in [0.2, 0.25) is 5.91 Å². The number of benzene rings is 4. The van der Waals surface area contributed by atoms with Crippen LogP contribution in [0.1, 0.15) is 26.7 Å². The zero-order valence-electron chi connectivity index (χ0n) is 20.6. The van der Waals surface area contributed by atoms with E-state index in [1.807, 2.05) is 30.3 Å². The number of hydrogen-bond donors (Lipinski definition) is 2. The number of carbonyl (C=O) groups excluding carboxylic acids is 2. The molecule has 2 N–H and O–H groups in total. The van der Waals surface area contributed by atoms with Gasteiger partial charge in [0.25, 0.3) is 17.3 Å². The third-order valence-electron chi connectivity index (χ3n) is 5.72. The number of nitro benzene ring substituents is 2. The Morgan fingerprint density at radius 3 is 2.10 bits per heavy atom. The number of nitrogens with one attached hydrogen (secondary N) is 2. The van der Waals surface area contributed by atoms with E-state index in [1.54, 1.807) is 37.3 Å². The third kappa shape index (κ3) is 6.84. The highest BCUT2D eigenvalue weighted by molar-refractivity contribution is 8.00. The molecule has 0 spiro atoms. The smallest absolute Gasteiger partial charge is 0.271 e. The molecule has 10 nitrogen and oxygen atoms in total. The summed E-state index contributed by atoms with van der Waals surface area (Å²) >= 11 is 1.26. The lowest BCUT2D eigenvalue weighted by atomic mass is 10.1. The maximum Gasteiger partial charge on any atom is 0.271 e. The first kappa shape index (κ1) is 27.0. The fourth-order valence-corrected chi connectivity index (χ4v) is 4.76. The molecule has 0 bridgehead atoms. The quantitative estimate of drug-likeness (QED) is 0.139. The summed E-state index contributed by atoms with van der Waals surface area (Å²) in [5, 5.41) is 27.0. The number of thioether (sulfide) groups is 1. The van der Waals surface area contributed by atoms with Crippen molar-refractivity contribution in [2.75, 3.05) is 10.6 Å². The van der Waals surface area contributed by atoms with Crippen molar-refractivity contribution < 1.29 is 19.4 Å². The Balaban J connectivity index is 1.55. The van der Waals surface area contributed by atoms with E-state index < -0.39 is 21.0 Å². The van der Waals surface area contributed by atoms with Crippen LogP contribution in [0.15, 0.2) is 102 Å². The molecule has 0 saturated carbocycles. The fraction of sp³-hybridized carbons (Fsp3) is 0.0714. The van der Waals surface area contributed by atoms with E-state index in [2.05, 4.69) is 10.6 Å². The molecule has 11 heteroatoms. The summed E-state index contributed by atoms with van der Waals surface area (Å²) in [5.74, 6) is -0.805. The van der Waals surface area contributed by atoms with Crippen LogP contribution < -0.4 is 10.6 Å². The van der Waals surface area contributed by atoms with Crippen molar-refractivity contribution in [1.29, 1.82) is 0 Å². The molecule has 2 amide bonds. The number of amides is 2. The number of non-ortho nitro benzene ring substituents is 2. The molecule has 0 radical (unpaired) electrons. The van der Waals surface area contributed by atoms with E-state index in [9.17, 15) is 29.8 Å². The predicted octanol–water partition coefficient (Wildman–Crippen LogP) is 6.54. The number of rotatable bonds is 9. The van der Waals surface area contributed by atoms with Crippen LogP contribution in [0.4, 0.5) is 22.7 Å². The van der Waals surface area contributed by atoms with Crippen molar-refractivity contribution in [2.24, 2.45) is 0 Å². The zero-order valence-corrected chi connectivity index (χ0v) is 21.4. The number of hydrogen-bond acceptors (Lipinski definition) is 7. The third-order valence-corrected chi connectivity index (χ3v) is 6.96. The van der Waals surface area contributed by atoms with Gasteiger partial charge in [0.15, 0.2) is 0 Å². The minimum atomic E-state index is -0.703. The van der Waals surface area contributed by atoms with Crippen LogP contribution in [0.25, 0.3) is 0 Å². The maximum atomic E-state index is 13.5. The minimum absolute atomic E-state index is 0.115. The van der Waals surface area contributed by atoms with Crippen LogP contribution in [0.5, 0.6) is 0 Å². The summed E-state index contributed by atoms with van der Waals surface area (Å²) < 4.78 is 0. The maximum absolute atomic E-state index is 13.5. The van der Waals surface area contributed by atoms with Gasteiger partial charge in [-0.15, -0.1) is 11.8 Å². The second kappa shape index (κ2) is 12.0. The SMILES string of the molecule is Cc1ccc([N+](=O)[O-])cc1NC(=O)C(Sc1cccc(NC(=O)c2ccc([N+](=O)[O-])cc2)c1)c1ccccc1. The van der Waals surface area contributed by atoms with Crippen molar-refractivity contribution in [3.8, 4) is 0 Å². The van der Waals surface area contributed by atoms with Gasteiger partial charge >= 0.3 is 0 Å². The van der Waals surface area contributed by atoms with Crippen molar-refractivity contribution in [3.63, 3.8) is 0 Å². The van der Waals surface area contributed by atoms with Gasteiger partial charge in [-0.05, 0) is 48.4 Å². The molecule has 0 aromatic heterocycles. The predicted molar refractivity (Wildman–Crippen MR) is 149 cm³/mol. The highest BCUT2D eigenvalue weighted by Gasteiger charge is 2.24. The molecule has 0 aliphatic heterocycles. The molecular formula is C28H22N4O6S. The first-order valence-corrected chi connectivity index (χ1v) is 12.5. The van der Waals surface area contributed by atoms with Crippen molar-refractivity contribution in [3.05, 3.63) is 134 Å². The molecule has 0 aliphatic rings. The van der Waals surface area contributed by atoms with E-state index in [-0.39, 0.29) is 22.8 Å². The summed E-state index contributed by atoms with van der Waals surface area (Å²) in [6.45, 7) is 1.75. The molecule has 0 aliphatic carbocycles. The lowest BCUT2D eigenvalue weighted by molar-refractivity contribution is -0.385. The zero-order chi connectivity index (χ0) is 27.9. The largest absolute Gasteiger partial charge is 0.324 e. The van der Waals surface area contributed by atoms with Gasteiger partial charge in [-0.1, -0.05) is 42.5 Å².